The second kappa shape index (κ2) is 5.71. The van der Waals surface area contributed by atoms with Crippen LogP contribution in [0, 0.1) is 0 Å². The molecular formula is C12H17FO2. The van der Waals surface area contributed by atoms with Gasteiger partial charge in [-0.3, -0.25) is 0 Å². The largest absolute Gasteiger partial charge is 0.491 e. The molecule has 0 saturated heterocycles. The molecule has 15 heavy (non-hydrogen) atoms. The molecule has 1 atom stereocenters. The Morgan fingerprint density at radius 2 is 2.13 bits per heavy atom. The zero-order chi connectivity index (χ0) is 11.3. The zero-order valence-corrected chi connectivity index (χ0v) is 9.11. The van der Waals surface area contributed by atoms with Crippen molar-refractivity contribution >= 4 is 0 Å². The first kappa shape index (κ1) is 12.0. The van der Waals surface area contributed by atoms with E-state index in [1.165, 1.54) is 0 Å². The molecular weight excluding hydrogens is 195 g/mol. The van der Waals surface area contributed by atoms with E-state index >= 15 is 0 Å². The minimum atomic E-state index is -0.917. The van der Waals surface area contributed by atoms with Gasteiger partial charge in [-0.15, -0.1) is 0 Å². The zero-order valence-electron chi connectivity index (χ0n) is 9.11. The summed E-state index contributed by atoms with van der Waals surface area (Å²) in [6.07, 6.45) is -0.475. The van der Waals surface area contributed by atoms with Crippen molar-refractivity contribution in [2.24, 2.45) is 0 Å². The molecule has 1 rings (SSSR count). The number of ether oxygens (including phenoxy) is 1. The van der Waals surface area contributed by atoms with Crippen LogP contribution in [0.4, 0.5) is 4.39 Å². The number of aliphatic hydroxyl groups is 1. The molecule has 0 amide bonds. The molecule has 0 aromatic heterocycles. The van der Waals surface area contributed by atoms with Crippen molar-refractivity contribution in [2.75, 3.05) is 6.67 Å². The van der Waals surface area contributed by atoms with Gasteiger partial charge in [-0.25, -0.2) is 4.39 Å². The summed E-state index contributed by atoms with van der Waals surface area (Å²) >= 11 is 0. The lowest BCUT2D eigenvalue weighted by molar-refractivity contribution is 0.140. The molecule has 0 aliphatic rings. The van der Waals surface area contributed by atoms with Crippen molar-refractivity contribution in [3.05, 3.63) is 29.8 Å². The SMILES string of the molecule is CC(C)Oc1cccc(CC(O)CF)c1. The van der Waals surface area contributed by atoms with Gasteiger partial charge in [0.15, 0.2) is 0 Å². The smallest absolute Gasteiger partial charge is 0.119 e. The van der Waals surface area contributed by atoms with Crippen molar-refractivity contribution in [3.8, 4) is 5.75 Å². The Morgan fingerprint density at radius 3 is 2.73 bits per heavy atom. The van der Waals surface area contributed by atoms with Gasteiger partial charge in [0.05, 0.1) is 12.2 Å². The van der Waals surface area contributed by atoms with Gasteiger partial charge in [0.25, 0.3) is 0 Å². The van der Waals surface area contributed by atoms with E-state index in [1.807, 2.05) is 38.1 Å². The third kappa shape index (κ3) is 4.30. The van der Waals surface area contributed by atoms with E-state index in [2.05, 4.69) is 0 Å². The standard InChI is InChI=1S/C12H17FO2/c1-9(2)15-12-5-3-4-10(7-12)6-11(14)8-13/h3-5,7,9,11,14H,6,8H2,1-2H3. The van der Waals surface area contributed by atoms with Gasteiger partial charge in [0.1, 0.15) is 12.4 Å². The fraction of sp³-hybridized carbons (Fsp3) is 0.500. The first-order chi connectivity index (χ1) is 7.11. The molecule has 84 valence electrons. The molecule has 0 saturated carbocycles. The Balaban J connectivity index is 2.65. The minimum absolute atomic E-state index is 0.117. The third-order valence-corrected chi connectivity index (χ3v) is 1.92. The predicted molar refractivity (Wildman–Crippen MR) is 57.9 cm³/mol. The predicted octanol–water partition coefficient (Wildman–Crippen LogP) is 2.35. The van der Waals surface area contributed by atoms with E-state index in [4.69, 9.17) is 9.84 Å². The second-order valence-corrected chi connectivity index (χ2v) is 3.83. The van der Waals surface area contributed by atoms with Crippen LogP contribution in [-0.2, 0) is 6.42 Å². The second-order valence-electron chi connectivity index (χ2n) is 3.83. The molecule has 0 spiro atoms. The first-order valence-corrected chi connectivity index (χ1v) is 5.11. The van der Waals surface area contributed by atoms with Crippen LogP contribution >= 0.6 is 0 Å². The van der Waals surface area contributed by atoms with Gasteiger partial charge in [-0.2, -0.15) is 0 Å². The quantitative estimate of drug-likeness (QED) is 0.811. The summed E-state index contributed by atoms with van der Waals surface area (Å²) in [6.45, 7) is 3.18. The molecule has 0 fully saturated rings. The van der Waals surface area contributed by atoms with Crippen LogP contribution in [0.3, 0.4) is 0 Å². The summed E-state index contributed by atoms with van der Waals surface area (Å²) in [4.78, 5) is 0. The van der Waals surface area contributed by atoms with Crippen LogP contribution in [-0.4, -0.2) is 24.0 Å². The monoisotopic (exact) mass is 212 g/mol. The summed E-state index contributed by atoms with van der Waals surface area (Å²) < 4.78 is 17.6. The molecule has 0 radical (unpaired) electrons. The van der Waals surface area contributed by atoms with Crippen LogP contribution in [0.5, 0.6) is 5.75 Å². The summed E-state index contributed by atoms with van der Waals surface area (Å²) in [5.74, 6) is 0.758. The van der Waals surface area contributed by atoms with Gasteiger partial charge < -0.3 is 9.84 Å². The number of hydrogen-bond donors (Lipinski definition) is 1. The Morgan fingerprint density at radius 1 is 1.40 bits per heavy atom. The van der Waals surface area contributed by atoms with Crippen LogP contribution in [0.15, 0.2) is 24.3 Å². The summed E-state index contributed by atoms with van der Waals surface area (Å²) in [7, 11) is 0. The number of rotatable bonds is 5. The summed E-state index contributed by atoms with van der Waals surface area (Å²) in [6, 6.07) is 7.38. The highest BCUT2D eigenvalue weighted by Crippen LogP contribution is 2.16. The third-order valence-electron chi connectivity index (χ3n) is 1.92. The fourth-order valence-corrected chi connectivity index (χ4v) is 1.34. The summed E-state index contributed by atoms with van der Waals surface area (Å²) in [5.41, 5.74) is 0.887. The maximum absolute atomic E-state index is 12.1. The van der Waals surface area contributed by atoms with Crippen LogP contribution in [0.2, 0.25) is 0 Å². The van der Waals surface area contributed by atoms with E-state index in [0.717, 1.165) is 11.3 Å². The molecule has 0 bridgehead atoms. The van der Waals surface area contributed by atoms with Crippen molar-refractivity contribution in [2.45, 2.75) is 32.5 Å². The van der Waals surface area contributed by atoms with Gasteiger partial charge in [0.2, 0.25) is 0 Å². The Labute approximate surface area is 89.7 Å². The molecule has 1 N–H and O–H groups in total. The first-order valence-electron chi connectivity index (χ1n) is 5.11. The van der Waals surface area contributed by atoms with Crippen LogP contribution < -0.4 is 4.74 Å². The maximum atomic E-state index is 12.1. The van der Waals surface area contributed by atoms with Crippen LogP contribution in [0.1, 0.15) is 19.4 Å². The van der Waals surface area contributed by atoms with Crippen molar-refractivity contribution < 1.29 is 14.2 Å². The van der Waals surface area contributed by atoms with Gasteiger partial charge in [0, 0.05) is 6.42 Å². The van der Waals surface area contributed by atoms with Crippen LogP contribution in [0.25, 0.3) is 0 Å². The Kier molecular flexibility index (Phi) is 4.56. The highest BCUT2D eigenvalue weighted by molar-refractivity contribution is 5.29. The number of alkyl halides is 1. The molecule has 0 heterocycles. The molecule has 1 aromatic rings. The molecule has 3 heteroatoms. The molecule has 1 unspecified atom stereocenters. The molecule has 2 nitrogen and oxygen atoms in total. The lowest BCUT2D eigenvalue weighted by atomic mass is 10.1. The summed E-state index contributed by atoms with van der Waals surface area (Å²) in [5, 5.41) is 9.17. The number of aliphatic hydroxyl groups excluding tert-OH is 1. The van der Waals surface area contributed by atoms with E-state index in [-0.39, 0.29) is 6.10 Å². The van der Waals surface area contributed by atoms with Gasteiger partial charge in [-0.1, -0.05) is 12.1 Å². The normalized spacial score (nSPS) is 12.9. The van der Waals surface area contributed by atoms with Gasteiger partial charge in [-0.05, 0) is 31.5 Å². The van der Waals surface area contributed by atoms with Crippen molar-refractivity contribution in [1.82, 2.24) is 0 Å². The maximum Gasteiger partial charge on any atom is 0.119 e. The van der Waals surface area contributed by atoms with E-state index < -0.39 is 12.8 Å². The number of hydrogen-bond acceptors (Lipinski definition) is 2. The van der Waals surface area contributed by atoms with E-state index in [1.54, 1.807) is 0 Å². The van der Waals surface area contributed by atoms with Crippen molar-refractivity contribution in [3.63, 3.8) is 0 Å². The van der Waals surface area contributed by atoms with Gasteiger partial charge >= 0.3 is 0 Å². The fourth-order valence-electron chi connectivity index (χ4n) is 1.34. The minimum Gasteiger partial charge on any atom is -0.491 e. The highest BCUT2D eigenvalue weighted by atomic mass is 19.1. The molecule has 1 aromatic carbocycles. The Hall–Kier alpha value is -1.09. The number of halogens is 1. The Bertz CT molecular complexity index is 299. The average molecular weight is 212 g/mol. The number of benzene rings is 1. The molecule has 0 aliphatic heterocycles. The van der Waals surface area contributed by atoms with E-state index in [0.29, 0.717) is 6.42 Å². The lowest BCUT2D eigenvalue weighted by Crippen LogP contribution is -2.12. The van der Waals surface area contributed by atoms with Crippen molar-refractivity contribution in [1.29, 1.82) is 0 Å². The highest BCUT2D eigenvalue weighted by Gasteiger charge is 2.05. The average Bonchev–Trinajstić information content (AvgIpc) is 2.17. The topological polar surface area (TPSA) is 29.5 Å². The lowest BCUT2D eigenvalue weighted by Gasteiger charge is -2.11. The molecule has 0 aliphatic carbocycles. The van der Waals surface area contributed by atoms with E-state index in [9.17, 15) is 4.39 Å².